The van der Waals surface area contributed by atoms with E-state index in [-0.39, 0.29) is 35.8 Å². The summed E-state index contributed by atoms with van der Waals surface area (Å²) in [6.45, 7) is 8.53. The molecule has 250 valence electrons. The standard InChI is InChI=1S/C40H39N3O6/c1-3-8-24-9-7-12-30(35(24)44)34-28-17-18-29-33(31(28)23-32-37(46)43(39(48)40(32,34)2)26-10-5-4-6-11-26)38(47)42(36(29)45)27-15-13-25(14-16-27)41-19-21-49-22-20-41/h3-7,9-17,29,31-34,44H,1,8,18-23H2,2H3. The molecule has 4 amide bonds. The predicted molar refractivity (Wildman–Crippen MR) is 185 cm³/mol. The first-order valence-electron chi connectivity index (χ1n) is 17.1. The first-order chi connectivity index (χ1) is 23.8. The molecule has 9 heteroatoms. The van der Waals surface area contributed by atoms with Gasteiger partial charge in [-0.25, -0.2) is 4.90 Å². The van der Waals surface area contributed by atoms with Crippen molar-refractivity contribution < 1.29 is 29.0 Å². The Hall–Kier alpha value is -5.02. The molecule has 3 aromatic rings. The Kier molecular flexibility index (Phi) is 7.55. The highest BCUT2D eigenvalue weighted by Gasteiger charge is 2.68. The number of hydrogen-bond donors (Lipinski definition) is 1. The number of para-hydroxylation sites is 2. The van der Waals surface area contributed by atoms with E-state index in [1.807, 2.05) is 61.5 Å². The average molecular weight is 658 g/mol. The minimum absolute atomic E-state index is 0.0604. The summed E-state index contributed by atoms with van der Waals surface area (Å²) in [6.07, 6.45) is 4.73. The lowest BCUT2D eigenvalue weighted by molar-refractivity contribution is -0.131. The number of allylic oxidation sites excluding steroid dienone is 3. The smallest absolute Gasteiger partial charge is 0.241 e. The van der Waals surface area contributed by atoms with Crippen molar-refractivity contribution in [3.8, 4) is 5.75 Å². The molecule has 6 unspecified atom stereocenters. The van der Waals surface area contributed by atoms with E-state index in [2.05, 4.69) is 11.5 Å². The number of anilines is 3. The molecular weight excluding hydrogens is 618 g/mol. The number of rotatable bonds is 6. The van der Waals surface area contributed by atoms with Gasteiger partial charge in [-0.3, -0.25) is 24.1 Å². The Balaban J connectivity index is 1.20. The third kappa shape index (κ3) is 4.62. The van der Waals surface area contributed by atoms with Gasteiger partial charge in [-0.05, 0) is 74.1 Å². The summed E-state index contributed by atoms with van der Waals surface area (Å²) in [5.74, 6) is -4.30. The number of carbonyl (C=O) groups excluding carboxylic acids is 4. The lowest BCUT2D eigenvalue weighted by atomic mass is 9.51. The zero-order chi connectivity index (χ0) is 34.0. The van der Waals surface area contributed by atoms with Crippen molar-refractivity contribution in [2.24, 2.45) is 29.1 Å². The van der Waals surface area contributed by atoms with Crippen molar-refractivity contribution in [1.29, 1.82) is 0 Å². The number of morpholine rings is 1. The molecule has 4 fully saturated rings. The quantitative estimate of drug-likeness (QED) is 0.280. The third-order valence-corrected chi connectivity index (χ3v) is 11.6. The number of fused-ring (bicyclic) bond motifs is 4. The molecule has 0 radical (unpaired) electrons. The number of nitrogens with zero attached hydrogens (tertiary/aromatic N) is 3. The normalized spacial score (nSPS) is 29.4. The minimum atomic E-state index is -1.23. The third-order valence-electron chi connectivity index (χ3n) is 11.6. The van der Waals surface area contributed by atoms with E-state index >= 15 is 0 Å². The van der Waals surface area contributed by atoms with Crippen LogP contribution in [-0.2, 0) is 30.3 Å². The average Bonchev–Trinajstić information content (AvgIpc) is 3.49. The van der Waals surface area contributed by atoms with Crippen LogP contribution in [0.3, 0.4) is 0 Å². The minimum Gasteiger partial charge on any atom is -0.507 e. The molecule has 0 bridgehead atoms. The van der Waals surface area contributed by atoms with E-state index in [1.54, 1.807) is 30.3 Å². The molecule has 1 N–H and O–H groups in total. The van der Waals surface area contributed by atoms with Crippen LogP contribution >= 0.6 is 0 Å². The van der Waals surface area contributed by atoms with E-state index in [0.29, 0.717) is 48.6 Å². The fourth-order valence-electron chi connectivity index (χ4n) is 9.24. The Labute approximate surface area is 285 Å². The maximum absolute atomic E-state index is 14.6. The largest absolute Gasteiger partial charge is 0.507 e. The highest BCUT2D eigenvalue weighted by atomic mass is 16.5. The van der Waals surface area contributed by atoms with Crippen LogP contribution in [0, 0.1) is 29.1 Å². The van der Waals surface area contributed by atoms with E-state index in [4.69, 9.17) is 4.74 Å². The molecule has 0 aromatic heterocycles. The second-order valence-electron chi connectivity index (χ2n) is 14.0. The van der Waals surface area contributed by atoms with Gasteiger partial charge in [-0.15, -0.1) is 6.58 Å². The van der Waals surface area contributed by atoms with Crippen LogP contribution in [-0.4, -0.2) is 55.0 Å². The number of amides is 4. The number of ether oxygens (including phenoxy) is 1. The first-order valence-corrected chi connectivity index (χ1v) is 17.1. The van der Waals surface area contributed by atoms with Crippen LogP contribution in [0.1, 0.15) is 36.8 Å². The number of imide groups is 2. The summed E-state index contributed by atoms with van der Waals surface area (Å²) in [6, 6.07) is 21.9. The summed E-state index contributed by atoms with van der Waals surface area (Å²) in [5, 5.41) is 11.7. The van der Waals surface area contributed by atoms with Gasteiger partial charge in [0.1, 0.15) is 5.75 Å². The van der Waals surface area contributed by atoms with Crippen LogP contribution in [0.25, 0.3) is 0 Å². The molecule has 9 nitrogen and oxygen atoms in total. The number of hydrogen-bond acceptors (Lipinski definition) is 7. The highest BCUT2D eigenvalue weighted by Crippen LogP contribution is 2.64. The lowest BCUT2D eigenvalue weighted by Gasteiger charge is -2.49. The zero-order valence-corrected chi connectivity index (χ0v) is 27.5. The van der Waals surface area contributed by atoms with Gasteiger partial charge in [0.25, 0.3) is 0 Å². The van der Waals surface area contributed by atoms with E-state index in [9.17, 15) is 24.3 Å². The second-order valence-corrected chi connectivity index (χ2v) is 14.0. The number of benzene rings is 3. The van der Waals surface area contributed by atoms with Crippen molar-refractivity contribution in [3.05, 3.63) is 108 Å². The molecular formula is C40H39N3O6. The molecule has 3 aromatic carbocycles. The molecule has 3 saturated heterocycles. The molecule has 3 aliphatic heterocycles. The van der Waals surface area contributed by atoms with E-state index in [0.717, 1.165) is 24.4 Å². The van der Waals surface area contributed by atoms with Crippen LogP contribution < -0.4 is 14.7 Å². The molecule has 2 aliphatic carbocycles. The molecule has 6 atom stereocenters. The Morgan fingerprint density at radius 3 is 2.24 bits per heavy atom. The Bertz CT molecular complexity index is 1900. The van der Waals surface area contributed by atoms with Crippen LogP contribution in [0.2, 0.25) is 0 Å². The Morgan fingerprint density at radius 2 is 1.53 bits per heavy atom. The SMILES string of the molecule is C=CCc1cccc(C2C3=CCC4C(=O)N(c5ccc(N6CCOCC6)cc5)C(=O)C4C3CC3C(=O)N(c4ccccc4)C(=O)C32C)c1O. The van der Waals surface area contributed by atoms with Gasteiger partial charge in [0, 0.05) is 30.3 Å². The number of aromatic hydroxyl groups is 1. The molecule has 8 rings (SSSR count). The number of phenols is 1. The van der Waals surface area contributed by atoms with E-state index < -0.39 is 35.0 Å². The van der Waals surface area contributed by atoms with Crippen molar-refractivity contribution in [1.82, 2.24) is 0 Å². The van der Waals surface area contributed by atoms with Gasteiger partial charge >= 0.3 is 0 Å². The van der Waals surface area contributed by atoms with Crippen LogP contribution in [0.15, 0.2) is 97.1 Å². The zero-order valence-electron chi connectivity index (χ0n) is 27.5. The van der Waals surface area contributed by atoms with E-state index in [1.165, 1.54) is 9.80 Å². The summed E-state index contributed by atoms with van der Waals surface area (Å²) < 4.78 is 5.48. The summed E-state index contributed by atoms with van der Waals surface area (Å²) in [7, 11) is 0. The number of carbonyl (C=O) groups is 4. The fourth-order valence-corrected chi connectivity index (χ4v) is 9.24. The van der Waals surface area contributed by atoms with Gasteiger partial charge < -0.3 is 14.7 Å². The maximum Gasteiger partial charge on any atom is 0.241 e. The van der Waals surface area contributed by atoms with Gasteiger partial charge in [0.2, 0.25) is 23.6 Å². The first kappa shape index (κ1) is 31.3. The van der Waals surface area contributed by atoms with Crippen LogP contribution in [0.4, 0.5) is 17.1 Å². The fraction of sp³-hybridized carbons (Fsp3) is 0.350. The molecule has 1 saturated carbocycles. The molecule has 5 aliphatic rings. The molecule has 49 heavy (non-hydrogen) atoms. The van der Waals surface area contributed by atoms with Gasteiger partial charge in [-0.1, -0.05) is 54.1 Å². The van der Waals surface area contributed by atoms with Crippen molar-refractivity contribution in [3.63, 3.8) is 0 Å². The topological polar surface area (TPSA) is 107 Å². The van der Waals surface area contributed by atoms with Gasteiger partial charge in [-0.2, -0.15) is 0 Å². The summed E-state index contributed by atoms with van der Waals surface area (Å²) in [4.78, 5) is 62.3. The molecule has 0 spiro atoms. The van der Waals surface area contributed by atoms with Crippen LogP contribution in [0.5, 0.6) is 5.75 Å². The van der Waals surface area contributed by atoms with Crippen molar-refractivity contribution in [2.75, 3.05) is 41.0 Å². The molecule has 3 heterocycles. The summed E-state index contributed by atoms with van der Waals surface area (Å²) in [5.41, 5.74) is 2.85. The van der Waals surface area contributed by atoms with Gasteiger partial charge in [0.05, 0.1) is 47.8 Å². The predicted octanol–water partition coefficient (Wildman–Crippen LogP) is 5.39. The maximum atomic E-state index is 14.6. The lowest BCUT2D eigenvalue weighted by Crippen LogP contribution is -2.49. The monoisotopic (exact) mass is 657 g/mol. The van der Waals surface area contributed by atoms with Gasteiger partial charge in [0.15, 0.2) is 0 Å². The van der Waals surface area contributed by atoms with Crippen molar-refractivity contribution >= 4 is 40.7 Å². The second kappa shape index (κ2) is 11.8. The highest BCUT2D eigenvalue weighted by molar-refractivity contribution is 6.25. The Morgan fingerprint density at radius 1 is 0.837 bits per heavy atom. The van der Waals surface area contributed by atoms with Crippen molar-refractivity contribution in [2.45, 2.75) is 32.1 Å². The summed E-state index contributed by atoms with van der Waals surface area (Å²) >= 11 is 0. The number of phenolic OH excluding ortho intramolecular Hbond substituents is 1.